The zero-order valence-corrected chi connectivity index (χ0v) is 24.5. The Morgan fingerprint density at radius 1 is 1.15 bits per heavy atom. The van der Waals surface area contributed by atoms with Crippen LogP contribution in [0.1, 0.15) is 55.7 Å². The third-order valence-corrected chi connectivity index (χ3v) is 7.60. The number of hydrogen-bond acceptors (Lipinski definition) is 12. The summed E-state index contributed by atoms with van der Waals surface area (Å²) in [5.74, 6) is -1.46. The molecule has 1 aromatic carbocycles. The molecule has 12 heteroatoms. The number of carbonyl (C=O) groups excluding carboxylic acids is 2. The second kappa shape index (κ2) is 12.6. The molecule has 4 heterocycles. The van der Waals surface area contributed by atoms with Crippen molar-refractivity contribution in [2.45, 2.75) is 89.9 Å². The first kappa shape index (κ1) is 29.6. The molecule has 2 fully saturated rings. The maximum Gasteiger partial charge on any atom is 0.357 e. The average Bonchev–Trinajstić information content (AvgIpc) is 3.55. The molecule has 0 unspecified atom stereocenters. The molecule has 0 radical (unpaired) electrons. The van der Waals surface area contributed by atoms with E-state index in [1.165, 1.54) is 18.3 Å². The third kappa shape index (κ3) is 6.96. The van der Waals surface area contributed by atoms with Crippen molar-refractivity contribution in [1.82, 2.24) is 4.98 Å². The average molecular weight is 590 g/mol. The standard InChI is InChI=1S/C29H35NO10S/c1-6-33-27(32)19-15-41-26(30-19)21-12-20(22(14-34-21)37-17(3)31)38-23-16(2)36-28(25-24(23)39-29(4,5)40-25)35-13-18-10-8-7-9-11-18/h7-12,15-16,20,22-25,28H,6,13-14H2,1-5H3/t16-,20+,22+,23-,24+,25+,28+/m0/s1. The molecule has 7 atom stereocenters. The van der Waals surface area contributed by atoms with Crippen LogP contribution in [0.2, 0.25) is 0 Å². The van der Waals surface area contributed by atoms with Gasteiger partial charge in [0, 0.05) is 12.3 Å². The summed E-state index contributed by atoms with van der Waals surface area (Å²) < 4.78 is 48.0. The van der Waals surface area contributed by atoms with Gasteiger partial charge in [0.05, 0.1) is 19.3 Å². The van der Waals surface area contributed by atoms with Crippen LogP contribution in [-0.2, 0) is 49.3 Å². The Hall–Kier alpha value is -2.87. The molecule has 2 aromatic rings. The van der Waals surface area contributed by atoms with Gasteiger partial charge in [-0.25, -0.2) is 9.78 Å². The first-order valence-corrected chi connectivity index (χ1v) is 14.5. The van der Waals surface area contributed by atoms with E-state index >= 15 is 0 Å². The lowest BCUT2D eigenvalue weighted by Crippen LogP contribution is -2.58. The molecule has 3 aliphatic rings. The van der Waals surface area contributed by atoms with Crippen molar-refractivity contribution >= 4 is 29.0 Å². The zero-order chi connectivity index (χ0) is 29.1. The number of benzene rings is 1. The van der Waals surface area contributed by atoms with E-state index in [9.17, 15) is 9.59 Å². The van der Waals surface area contributed by atoms with Crippen LogP contribution >= 0.6 is 11.3 Å². The van der Waals surface area contributed by atoms with Crippen LogP contribution in [0.3, 0.4) is 0 Å². The number of thiazole rings is 1. The first-order chi connectivity index (χ1) is 19.6. The van der Waals surface area contributed by atoms with Crippen LogP contribution in [0.15, 0.2) is 41.8 Å². The Labute approximate surface area is 242 Å². The minimum absolute atomic E-state index is 0.0338. The van der Waals surface area contributed by atoms with Gasteiger partial charge in [0.1, 0.15) is 31.0 Å². The number of carbonyl (C=O) groups is 2. The quantitative estimate of drug-likeness (QED) is 0.397. The van der Waals surface area contributed by atoms with Gasteiger partial charge in [-0.1, -0.05) is 30.3 Å². The lowest BCUT2D eigenvalue weighted by atomic mass is 9.98. The van der Waals surface area contributed by atoms with Crippen molar-refractivity contribution < 1.29 is 47.5 Å². The number of fused-ring (bicyclic) bond motifs is 1. The fourth-order valence-electron chi connectivity index (χ4n) is 5.00. The van der Waals surface area contributed by atoms with E-state index in [2.05, 4.69) is 4.98 Å². The molecule has 0 saturated carbocycles. The van der Waals surface area contributed by atoms with Crippen molar-refractivity contribution in [2.75, 3.05) is 13.2 Å². The number of esters is 2. The van der Waals surface area contributed by atoms with Crippen molar-refractivity contribution in [3.63, 3.8) is 0 Å². The number of ether oxygens (including phenoxy) is 8. The van der Waals surface area contributed by atoms with Gasteiger partial charge >= 0.3 is 11.9 Å². The molecule has 0 aliphatic carbocycles. The summed E-state index contributed by atoms with van der Waals surface area (Å²) in [6, 6.07) is 9.81. The molecule has 0 bridgehead atoms. The van der Waals surface area contributed by atoms with Gasteiger partial charge in [0.2, 0.25) is 0 Å². The van der Waals surface area contributed by atoms with Crippen LogP contribution in [-0.4, -0.2) is 78.8 Å². The first-order valence-electron chi connectivity index (χ1n) is 13.6. The number of nitrogens with zero attached hydrogens (tertiary/aromatic N) is 1. The molecule has 222 valence electrons. The monoisotopic (exact) mass is 589 g/mol. The SMILES string of the molecule is CCOC(=O)c1csc(C2=C[C@@H](O[C@@H]3[C@H]4OC(C)(C)O[C@H]4[C@H](OCc4ccccc4)O[C@H]3C)[C@H](OC(C)=O)CO2)n1. The highest BCUT2D eigenvalue weighted by molar-refractivity contribution is 7.10. The molecule has 0 spiro atoms. The second-order valence-electron chi connectivity index (χ2n) is 10.4. The predicted octanol–water partition coefficient (Wildman–Crippen LogP) is 3.86. The summed E-state index contributed by atoms with van der Waals surface area (Å²) in [5.41, 5.74) is 1.20. The Bertz CT molecular complexity index is 1250. The normalized spacial score (nSPS) is 30.6. The van der Waals surface area contributed by atoms with Crippen LogP contribution in [0.4, 0.5) is 0 Å². The fraction of sp³-hybridized carbons (Fsp3) is 0.552. The minimum Gasteiger partial charge on any atom is -0.487 e. The van der Waals surface area contributed by atoms with Crippen molar-refractivity contribution in [1.29, 1.82) is 0 Å². The minimum atomic E-state index is -0.894. The van der Waals surface area contributed by atoms with E-state index in [1.54, 1.807) is 18.4 Å². The summed E-state index contributed by atoms with van der Waals surface area (Å²) in [5, 5.41) is 2.08. The van der Waals surface area contributed by atoms with Gasteiger partial charge < -0.3 is 37.9 Å². The van der Waals surface area contributed by atoms with Gasteiger partial charge in [0.15, 0.2) is 34.6 Å². The van der Waals surface area contributed by atoms with Crippen LogP contribution in [0.5, 0.6) is 0 Å². The lowest BCUT2D eigenvalue weighted by Gasteiger charge is -2.42. The van der Waals surface area contributed by atoms with E-state index in [0.717, 1.165) is 5.56 Å². The topological polar surface area (TPSA) is 121 Å². The lowest BCUT2D eigenvalue weighted by molar-refractivity contribution is -0.287. The van der Waals surface area contributed by atoms with Gasteiger partial charge in [-0.15, -0.1) is 11.3 Å². The van der Waals surface area contributed by atoms with E-state index in [-0.39, 0.29) is 18.9 Å². The molecule has 5 rings (SSSR count). The van der Waals surface area contributed by atoms with Crippen LogP contribution in [0, 0.1) is 0 Å². The highest BCUT2D eigenvalue weighted by Gasteiger charge is 2.56. The van der Waals surface area contributed by atoms with E-state index in [4.69, 9.17) is 37.9 Å². The molecule has 41 heavy (non-hydrogen) atoms. The molecule has 2 saturated heterocycles. The predicted molar refractivity (Wildman–Crippen MR) is 146 cm³/mol. The Balaban J connectivity index is 1.36. The van der Waals surface area contributed by atoms with Crippen LogP contribution < -0.4 is 0 Å². The Kier molecular flexibility index (Phi) is 9.07. The second-order valence-corrected chi connectivity index (χ2v) is 11.2. The summed E-state index contributed by atoms with van der Waals surface area (Å²) in [4.78, 5) is 28.4. The smallest absolute Gasteiger partial charge is 0.357 e. The fourth-order valence-corrected chi connectivity index (χ4v) is 5.77. The zero-order valence-electron chi connectivity index (χ0n) is 23.6. The number of aromatic nitrogens is 1. The highest BCUT2D eigenvalue weighted by atomic mass is 32.1. The van der Waals surface area contributed by atoms with E-state index in [1.807, 2.05) is 51.1 Å². The molecule has 1 aromatic heterocycles. The molecular weight excluding hydrogens is 554 g/mol. The summed E-state index contributed by atoms with van der Waals surface area (Å²) >= 11 is 1.24. The summed E-state index contributed by atoms with van der Waals surface area (Å²) in [7, 11) is 0. The third-order valence-electron chi connectivity index (χ3n) is 6.74. The summed E-state index contributed by atoms with van der Waals surface area (Å²) in [6.45, 7) is 9.23. The van der Waals surface area contributed by atoms with Crippen molar-refractivity contribution in [3.8, 4) is 0 Å². The summed E-state index contributed by atoms with van der Waals surface area (Å²) in [6.07, 6.45) is -2.56. The molecule has 0 N–H and O–H groups in total. The van der Waals surface area contributed by atoms with Gasteiger partial charge in [-0.05, 0) is 39.3 Å². The van der Waals surface area contributed by atoms with Crippen molar-refractivity contribution in [2.24, 2.45) is 0 Å². The molecule has 11 nitrogen and oxygen atoms in total. The van der Waals surface area contributed by atoms with Gasteiger partial charge in [0.25, 0.3) is 0 Å². The Morgan fingerprint density at radius 2 is 1.90 bits per heavy atom. The maximum absolute atomic E-state index is 12.1. The molecular formula is C29H35NO10S. The van der Waals surface area contributed by atoms with Gasteiger partial charge in [-0.3, -0.25) is 4.79 Å². The van der Waals surface area contributed by atoms with E-state index in [0.29, 0.717) is 17.4 Å². The van der Waals surface area contributed by atoms with Gasteiger partial charge in [-0.2, -0.15) is 0 Å². The maximum atomic E-state index is 12.1. The number of hydrogen-bond donors (Lipinski definition) is 0. The van der Waals surface area contributed by atoms with Crippen LogP contribution in [0.25, 0.3) is 5.76 Å². The molecule has 0 amide bonds. The van der Waals surface area contributed by atoms with E-state index < -0.39 is 60.6 Å². The van der Waals surface area contributed by atoms with Crippen molar-refractivity contribution in [3.05, 3.63) is 58.1 Å². The number of rotatable bonds is 9. The Morgan fingerprint density at radius 3 is 2.63 bits per heavy atom. The highest BCUT2D eigenvalue weighted by Crippen LogP contribution is 2.40. The molecule has 3 aliphatic heterocycles. The largest absolute Gasteiger partial charge is 0.487 e.